The Hall–Kier alpha value is -2.48. The van der Waals surface area contributed by atoms with Gasteiger partial charge in [0.2, 0.25) is 0 Å². The number of rotatable bonds is 7. The molecule has 2 amide bonds. The van der Waals surface area contributed by atoms with Crippen molar-refractivity contribution < 1.29 is 23.9 Å². The van der Waals surface area contributed by atoms with Crippen LogP contribution in [-0.4, -0.2) is 35.2 Å². The monoisotopic (exact) mass is 465 g/mol. The first-order valence-electron chi connectivity index (χ1n) is 8.95. The molecule has 30 heavy (non-hydrogen) atoms. The molecule has 2 aromatic carbocycles. The van der Waals surface area contributed by atoms with Gasteiger partial charge in [0.05, 0.1) is 18.1 Å². The lowest BCUT2D eigenvalue weighted by Gasteiger charge is -2.14. The van der Waals surface area contributed by atoms with Crippen LogP contribution in [0.2, 0.25) is 10.0 Å². The van der Waals surface area contributed by atoms with Gasteiger partial charge in [-0.1, -0.05) is 41.4 Å². The van der Waals surface area contributed by atoms with Gasteiger partial charge in [0, 0.05) is 15.6 Å². The van der Waals surface area contributed by atoms with Gasteiger partial charge >= 0.3 is 5.97 Å². The fourth-order valence-corrected chi connectivity index (χ4v) is 3.99. The van der Waals surface area contributed by atoms with E-state index in [-0.39, 0.29) is 13.2 Å². The fraction of sp³-hybridized carbons (Fsp3) is 0.190. The van der Waals surface area contributed by atoms with Gasteiger partial charge in [0.15, 0.2) is 6.61 Å². The molecule has 0 saturated carbocycles. The molecule has 0 aliphatic carbocycles. The van der Waals surface area contributed by atoms with Crippen molar-refractivity contribution in [2.24, 2.45) is 0 Å². The fourth-order valence-electron chi connectivity index (χ4n) is 2.63. The second kappa shape index (κ2) is 10.0. The van der Waals surface area contributed by atoms with Crippen LogP contribution in [0.1, 0.15) is 18.1 Å². The third kappa shape index (κ3) is 5.36. The highest BCUT2D eigenvalue weighted by Crippen LogP contribution is 2.35. The summed E-state index contributed by atoms with van der Waals surface area (Å²) in [4.78, 5) is 37.8. The Bertz CT molecular complexity index is 987. The highest BCUT2D eigenvalue weighted by Gasteiger charge is 2.35. The van der Waals surface area contributed by atoms with Crippen LogP contribution in [0, 0.1) is 0 Å². The number of halogens is 2. The summed E-state index contributed by atoms with van der Waals surface area (Å²) >= 11 is 13.2. The maximum absolute atomic E-state index is 12.7. The molecule has 1 aliphatic heterocycles. The van der Waals surface area contributed by atoms with E-state index in [1.165, 1.54) is 0 Å². The minimum Gasteiger partial charge on any atom is -0.482 e. The number of carbonyl (C=O) groups is 3. The first kappa shape index (κ1) is 22.2. The summed E-state index contributed by atoms with van der Waals surface area (Å²) in [6.45, 7) is 1.83. The van der Waals surface area contributed by atoms with Crippen LogP contribution >= 0.6 is 35.0 Å². The van der Waals surface area contributed by atoms with E-state index in [9.17, 15) is 14.4 Å². The Labute approximate surface area is 187 Å². The molecule has 6 nitrogen and oxygen atoms in total. The van der Waals surface area contributed by atoms with Crippen LogP contribution in [0.3, 0.4) is 0 Å². The van der Waals surface area contributed by atoms with Crippen molar-refractivity contribution in [1.82, 2.24) is 4.90 Å². The predicted octanol–water partition coefficient (Wildman–Crippen LogP) is 5.17. The zero-order chi connectivity index (χ0) is 21.7. The first-order chi connectivity index (χ1) is 14.4. The number of ether oxygens (including phenoxy) is 2. The van der Waals surface area contributed by atoms with Gasteiger partial charge in [-0.3, -0.25) is 14.5 Å². The molecular formula is C21H17Cl2NO5S. The molecule has 1 fully saturated rings. The van der Waals surface area contributed by atoms with Crippen LogP contribution in [0.5, 0.6) is 5.75 Å². The highest BCUT2D eigenvalue weighted by molar-refractivity contribution is 8.18. The summed E-state index contributed by atoms with van der Waals surface area (Å²) in [5.74, 6) is -0.376. The van der Waals surface area contributed by atoms with Crippen LogP contribution < -0.4 is 4.74 Å². The number of esters is 1. The number of hydrogen-bond donors (Lipinski definition) is 0. The van der Waals surface area contributed by atoms with E-state index in [0.29, 0.717) is 38.4 Å². The molecule has 0 radical (unpaired) electrons. The number of amides is 2. The highest BCUT2D eigenvalue weighted by atomic mass is 35.5. The zero-order valence-corrected chi connectivity index (χ0v) is 18.2. The van der Waals surface area contributed by atoms with Gasteiger partial charge in [-0.2, -0.15) is 0 Å². The van der Waals surface area contributed by atoms with Crippen LogP contribution in [-0.2, 0) is 20.9 Å². The van der Waals surface area contributed by atoms with Crippen molar-refractivity contribution in [2.45, 2.75) is 13.5 Å². The third-order valence-electron chi connectivity index (χ3n) is 4.09. The zero-order valence-electron chi connectivity index (χ0n) is 15.9. The molecule has 2 aromatic rings. The maximum Gasteiger partial charge on any atom is 0.344 e. The van der Waals surface area contributed by atoms with E-state index < -0.39 is 17.1 Å². The SMILES string of the molecule is CCOC(=O)COc1ccc(/C=C2\SC(=O)N(Cc3c(Cl)cccc3Cl)C2=O)cc1. The quantitative estimate of drug-likeness (QED) is 0.414. The van der Waals surface area contributed by atoms with E-state index >= 15 is 0 Å². The van der Waals surface area contributed by atoms with Gasteiger partial charge in [-0.25, -0.2) is 4.79 Å². The van der Waals surface area contributed by atoms with Crippen molar-refractivity contribution in [2.75, 3.05) is 13.2 Å². The van der Waals surface area contributed by atoms with E-state index in [2.05, 4.69) is 0 Å². The van der Waals surface area contributed by atoms with E-state index in [1.54, 1.807) is 55.5 Å². The number of nitrogens with zero attached hydrogens (tertiary/aromatic N) is 1. The summed E-state index contributed by atoms with van der Waals surface area (Å²) in [5, 5.41) is 0.393. The van der Waals surface area contributed by atoms with Crippen molar-refractivity contribution in [1.29, 1.82) is 0 Å². The number of thioether (sulfide) groups is 1. The smallest absolute Gasteiger partial charge is 0.344 e. The van der Waals surface area contributed by atoms with Gasteiger partial charge in [-0.15, -0.1) is 0 Å². The van der Waals surface area contributed by atoms with Gasteiger partial charge in [0.1, 0.15) is 5.75 Å². The van der Waals surface area contributed by atoms with Crippen molar-refractivity contribution in [3.05, 3.63) is 68.5 Å². The largest absolute Gasteiger partial charge is 0.482 e. The van der Waals surface area contributed by atoms with Crippen LogP contribution in [0.15, 0.2) is 47.4 Å². The Morgan fingerprint density at radius 3 is 2.40 bits per heavy atom. The molecule has 0 unspecified atom stereocenters. The second-order valence-electron chi connectivity index (χ2n) is 6.13. The standard InChI is InChI=1S/C21H17Cl2NO5S/c1-2-28-19(25)12-29-14-8-6-13(7-9-14)10-18-20(26)24(21(27)30-18)11-15-16(22)4-3-5-17(15)23/h3-10H,2,11-12H2,1H3/b18-10-. The molecular weight excluding hydrogens is 449 g/mol. The Morgan fingerprint density at radius 2 is 1.77 bits per heavy atom. The minimum absolute atomic E-state index is 0.00114. The summed E-state index contributed by atoms with van der Waals surface area (Å²) < 4.78 is 10.1. The normalized spacial score (nSPS) is 15.0. The topological polar surface area (TPSA) is 72.9 Å². The average Bonchev–Trinajstić information content (AvgIpc) is 2.97. The molecule has 0 bridgehead atoms. The Morgan fingerprint density at radius 1 is 1.10 bits per heavy atom. The van der Waals surface area contributed by atoms with E-state index in [1.807, 2.05) is 0 Å². The average molecular weight is 466 g/mol. The van der Waals surface area contributed by atoms with E-state index in [0.717, 1.165) is 16.7 Å². The molecule has 1 aliphatic rings. The second-order valence-corrected chi connectivity index (χ2v) is 7.94. The lowest BCUT2D eigenvalue weighted by Crippen LogP contribution is -2.27. The molecule has 0 spiro atoms. The molecule has 9 heteroatoms. The van der Waals surface area contributed by atoms with E-state index in [4.69, 9.17) is 32.7 Å². The lowest BCUT2D eigenvalue weighted by atomic mass is 10.2. The summed E-state index contributed by atoms with van der Waals surface area (Å²) in [6.07, 6.45) is 1.62. The molecule has 1 saturated heterocycles. The predicted molar refractivity (Wildman–Crippen MR) is 117 cm³/mol. The lowest BCUT2D eigenvalue weighted by molar-refractivity contribution is -0.145. The summed E-state index contributed by atoms with van der Waals surface area (Å²) in [5.41, 5.74) is 1.23. The minimum atomic E-state index is -0.450. The van der Waals surface area contributed by atoms with Gasteiger partial charge < -0.3 is 9.47 Å². The van der Waals surface area contributed by atoms with Crippen molar-refractivity contribution in [3.63, 3.8) is 0 Å². The molecule has 1 heterocycles. The van der Waals surface area contributed by atoms with Gasteiger partial charge in [-0.05, 0) is 54.6 Å². The Kier molecular flexibility index (Phi) is 7.42. The first-order valence-corrected chi connectivity index (χ1v) is 10.5. The third-order valence-corrected chi connectivity index (χ3v) is 5.71. The van der Waals surface area contributed by atoms with Crippen LogP contribution in [0.4, 0.5) is 4.79 Å². The molecule has 0 aromatic heterocycles. The van der Waals surface area contributed by atoms with Crippen LogP contribution in [0.25, 0.3) is 6.08 Å². The molecule has 0 N–H and O–H groups in total. The number of imide groups is 1. The molecule has 0 atom stereocenters. The van der Waals surface area contributed by atoms with Crippen molar-refractivity contribution >= 4 is 58.2 Å². The summed E-state index contributed by atoms with van der Waals surface area (Å²) in [7, 11) is 0. The molecule has 3 rings (SSSR count). The number of carbonyl (C=O) groups excluding carboxylic acids is 3. The summed E-state index contributed by atoms with van der Waals surface area (Å²) in [6, 6.07) is 11.8. The van der Waals surface area contributed by atoms with Crippen molar-refractivity contribution in [3.8, 4) is 5.75 Å². The Balaban J connectivity index is 1.68. The van der Waals surface area contributed by atoms with Gasteiger partial charge in [0.25, 0.3) is 11.1 Å². The molecule has 156 valence electrons. The number of hydrogen-bond acceptors (Lipinski definition) is 6. The number of benzene rings is 2. The maximum atomic E-state index is 12.7.